The minimum atomic E-state index is -0.448. The Hall–Kier alpha value is -0.600. The van der Waals surface area contributed by atoms with Gasteiger partial charge < -0.3 is 9.84 Å². The minimum absolute atomic E-state index is 0.0926. The Balaban J connectivity index is 2.49. The molecule has 0 saturated heterocycles. The lowest BCUT2D eigenvalue weighted by Gasteiger charge is -2.26. The molecule has 2 heteroatoms. The molecule has 1 rings (SSSR count). The predicted molar refractivity (Wildman–Crippen MR) is 44.3 cm³/mol. The van der Waals surface area contributed by atoms with Gasteiger partial charge in [-0.2, -0.15) is 0 Å². The summed E-state index contributed by atoms with van der Waals surface area (Å²) >= 11 is 0. The van der Waals surface area contributed by atoms with Gasteiger partial charge in [0.05, 0.1) is 18.3 Å². The maximum atomic E-state index is 9.23. The Labute approximate surface area is 67.2 Å². The normalized spacial score (nSPS) is 37.1. The van der Waals surface area contributed by atoms with Gasteiger partial charge in [0, 0.05) is 0 Å². The van der Waals surface area contributed by atoms with Gasteiger partial charge in [-0.3, -0.25) is 0 Å². The van der Waals surface area contributed by atoms with Crippen LogP contribution in [0, 0.1) is 0 Å². The molecular formula is C9H14O2. The van der Waals surface area contributed by atoms with Crippen LogP contribution in [0.1, 0.15) is 13.3 Å². The monoisotopic (exact) mass is 154 g/mol. The second-order valence-corrected chi connectivity index (χ2v) is 2.78. The van der Waals surface area contributed by atoms with Gasteiger partial charge in [0.15, 0.2) is 0 Å². The van der Waals surface area contributed by atoms with E-state index in [1.165, 1.54) is 0 Å². The summed E-state index contributed by atoms with van der Waals surface area (Å²) in [5, 5.41) is 9.23. The van der Waals surface area contributed by atoms with Crippen LogP contribution in [-0.4, -0.2) is 23.4 Å². The summed E-state index contributed by atoms with van der Waals surface area (Å²) in [4.78, 5) is 0. The maximum Gasteiger partial charge on any atom is 0.0981 e. The fourth-order valence-electron chi connectivity index (χ4n) is 1.09. The highest BCUT2D eigenvalue weighted by Gasteiger charge is 2.20. The third kappa shape index (κ3) is 2.17. The molecule has 0 bridgehead atoms. The maximum absolute atomic E-state index is 9.23. The quantitative estimate of drug-likeness (QED) is 0.607. The number of aliphatic hydroxyl groups is 1. The number of hydrogen-bond acceptors (Lipinski definition) is 2. The van der Waals surface area contributed by atoms with Crippen molar-refractivity contribution >= 4 is 0 Å². The third-order valence-corrected chi connectivity index (χ3v) is 1.79. The Morgan fingerprint density at radius 3 is 2.91 bits per heavy atom. The first-order valence-electron chi connectivity index (χ1n) is 3.87. The molecule has 0 spiro atoms. The molecule has 1 aliphatic heterocycles. The first-order chi connectivity index (χ1) is 5.24. The first-order valence-corrected chi connectivity index (χ1v) is 3.87. The molecule has 3 atom stereocenters. The fraction of sp³-hybridized carbons (Fsp3) is 0.556. The molecule has 0 aromatic heterocycles. The zero-order valence-electron chi connectivity index (χ0n) is 6.73. The van der Waals surface area contributed by atoms with Crippen molar-refractivity contribution in [2.24, 2.45) is 0 Å². The van der Waals surface area contributed by atoms with Crippen LogP contribution in [0.5, 0.6) is 0 Å². The molecule has 62 valence electrons. The summed E-state index contributed by atoms with van der Waals surface area (Å²) in [6, 6.07) is 0. The molecule has 0 unspecified atom stereocenters. The zero-order valence-corrected chi connectivity index (χ0v) is 6.73. The highest BCUT2D eigenvalue weighted by Crippen LogP contribution is 2.14. The molecule has 0 radical (unpaired) electrons. The first kappa shape index (κ1) is 8.50. The molecule has 1 aliphatic rings. The second-order valence-electron chi connectivity index (χ2n) is 2.78. The van der Waals surface area contributed by atoms with Crippen LogP contribution in [0.15, 0.2) is 24.8 Å². The molecule has 0 aromatic rings. The summed E-state index contributed by atoms with van der Waals surface area (Å²) in [5.74, 6) is 0. The van der Waals surface area contributed by atoms with Crippen LogP contribution >= 0.6 is 0 Å². The largest absolute Gasteiger partial charge is 0.386 e. The SMILES string of the molecule is C=CC[C@@H]1C=C[C@@H](O)[C@H](C)O1. The number of aliphatic hydroxyl groups excluding tert-OH is 1. The van der Waals surface area contributed by atoms with Crippen molar-refractivity contribution in [1.29, 1.82) is 0 Å². The van der Waals surface area contributed by atoms with Crippen molar-refractivity contribution in [3.8, 4) is 0 Å². The van der Waals surface area contributed by atoms with Crippen molar-refractivity contribution in [2.45, 2.75) is 31.7 Å². The second kappa shape index (κ2) is 3.69. The van der Waals surface area contributed by atoms with E-state index in [1.54, 1.807) is 6.08 Å². The van der Waals surface area contributed by atoms with Gasteiger partial charge in [-0.05, 0) is 13.3 Å². The molecule has 0 saturated carbocycles. The molecule has 1 N–H and O–H groups in total. The van der Waals surface area contributed by atoms with Crippen molar-refractivity contribution < 1.29 is 9.84 Å². The Morgan fingerprint density at radius 2 is 2.36 bits per heavy atom. The lowest BCUT2D eigenvalue weighted by Crippen LogP contribution is -2.32. The average molecular weight is 154 g/mol. The molecule has 0 aromatic carbocycles. The van der Waals surface area contributed by atoms with E-state index < -0.39 is 6.10 Å². The summed E-state index contributed by atoms with van der Waals surface area (Å²) in [7, 11) is 0. The molecule has 0 fully saturated rings. The van der Waals surface area contributed by atoms with Gasteiger partial charge in [-0.1, -0.05) is 18.2 Å². The van der Waals surface area contributed by atoms with Gasteiger partial charge in [-0.15, -0.1) is 6.58 Å². The third-order valence-electron chi connectivity index (χ3n) is 1.79. The van der Waals surface area contributed by atoms with E-state index in [0.717, 1.165) is 6.42 Å². The van der Waals surface area contributed by atoms with Gasteiger partial charge in [0.2, 0.25) is 0 Å². The van der Waals surface area contributed by atoms with Crippen LogP contribution in [0.2, 0.25) is 0 Å². The number of rotatable bonds is 2. The molecule has 2 nitrogen and oxygen atoms in total. The number of ether oxygens (including phenoxy) is 1. The van der Waals surface area contributed by atoms with E-state index in [9.17, 15) is 5.11 Å². The van der Waals surface area contributed by atoms with Crippen LogP contribution < -0.4 is 0 Å². The smallest absolute Gasteiger partial charge is 0.0981 e. The highest BCUT2D eigenvalue weighted by molar-refractivity contribution is 5.02. The summed E-state index contributed by atoms with van der Waals surface area (Å²) in [6.45, 7) is 5.49. The van der Waals surface area contributed by atoms with Crippen LogP contribution in [-0.2, 0) is 4.74 Å². The van der Waals surface area contributed by atoms with Crippen molar-refractivity contribution in [3.63, 3.8) is 0 Å². The van der Waals surface area contributed by atoms with Gasteiger partial charge in [-0.25, -0.2) is 0 Å². The standard InChI is InChI=1S/C9H14O2/c1-3-4-8-5-6-9(10)7(2)11-8/h3,5-10H,1,4H2,2H3/t7-,8+,9+/m0/s1. The fourth-order valence-corrected chi connectivity index (χ4v) is 1.09. The lowest BCUT2D eigenvalue weighted by molar-refractivity contribution is -0.0442. The van der Waals surface area contributed by atoms with E-state index in [0.29, 0.717) is 0 Å². The van der Waals surface area contributed by atoms with Crippen molar-refractivity contribution in [3.05, 3.63) is 24.8 Å². The van der Waals surface area contributed by atoms with E-state index >= 15 is 0 Å². The van der Waals surface area contributed by atoms with E-state index in [4.69, 9.17) is 4.74 Å². The Morgan fingerprint density at radius 1 is 1.64 bits per heavy atom. The van der Waals surface area contributed by atoms with Crippen molar-refractivity contribution in [1.82, 2.24) is 0 Å². The van der Waals surface area contributed by atoms with E-state index in [-0.39, 0.29) is 12.2 Å². The zero-order chi connectivity index (χ0) is 8.27. The summed E-state index contributed by atoms with van der Waals surface area (Å²) in [5.41, 5.74) is 0. The van der Waals surface area contributed by atoms with Gasteiger partial charge in [0.1, 0.15) is 0 Å². The summed E-state index contributed by atoms with van der Waals surface area (Å²) < 4.78 is 5.43. The molecule has 0 amide bonds. The molecule has 0 aliphatic carbocycles. The van der Waals surface area contributed by atoms with E-state index in [2.05, 4.69) is 6.58 Å². The van der Waals surface area contributed by atoms with E-state index in [1.807, 2.05) is 19.1 Å². The van der Waals surface area contributed by atoms with Crippen molar-refractivity contribution in [2.75, 3.05) is 0 Å². The van der Waals surface area contributed by atoms with Crippen LogP contribution in [0.4, 0.5) is 0 Å². The molecule has 11 heavy (non-hydrogen) atoms. The minimum Gasteiger partial charge on any atom is -0.386 e. The predicted octanol–water partition coefficient (Wildman–Crippen LogP) is 1.27. The molecule has 1 heterocycles. The Kier molecular flexibility index (Phi) is 2.85. The topological polar surface area (TPSA) is 29.5 Å². The van der Waals surface area contributed by atoms with Crippen LogP contribution in [0.3, 0.4) is 0 Å². The number of hydrogen-bond donors (Lipinski definition) is 1. The average Bonchev–Trinajstić information content (AvgIpc) is 1.98. The van der Waals surface area contributed by atoms with Crippen LogP contribution in [0.25, 0.3) is 0 Å². The Bertz CT molecular complexity index is 163. The van der Waals surface area contributed by atoms with Gasteiger partial charge in [0.25, 0.3) is 0 Å². The summed E-state index contributed by atoms with van der Waals surface area (Å²) in [6.07, 6.45) is 5.86. The molecular weight excluding hydrogens is 140 g/mol. The lowest BCUT2D eigenvalue weighted by atomic mass is 10.1. The van der Waals surface area contributed by atoms with Gasteiger partial charge >= 0.3 is 0 Å². The highest BCUT2D eigenvalue weighted by atomic mass is 16.5.